The van der Waals surface area contributed by atoms with Gasteiger partial charge in [-0.2, -0.15) is 0 Å². The first-order valence-corrected chi connectivity index (χ1v) is 27.8. The normalized spacial score (nSPS) is 21.1. The minimum absolute atomic E-state index is 0.0332. The van der Waals surface area contributed by atoms with Crippen LogP contribution < -0.4 is 30.2 Å². The molecule has 0 radical (unpaired) electrons. The van der Waals surface area contributed by atoms with Crippen molar-refractivity contribution in [2.45, 2.75) is 136 Å². The van der Waals surface area contributed by atoms with Crippen molar-refractivity contribution >= 4 is 28.8 Å². The summed E-state index contributed by atoms with van der Waals surface area (Å²) in [6, 6.07) is 50.4. The summed E-state index contributed by atoms with van der Waals surface area (Å²) in [5, 5.41) is 3.63. The van der Waals surface area contributed by atoms with Crippen LogP contribution in [0.2, 0.25) is 0 Å². The Morgan fingerprint density at radius 2 is 0.958 bits per heavy atom. The van der Waals surface area contributed by atoms with Crippen molar-refractivity contribution in [2.75, 3.05) is 0 Å². The minimum atomic E-state index is -3.82. The van der Waals surface area contributed by atoms with E-state index in [2.05, 4.69) is 62.4 Å². The highest BCUT2D eigenvalue weighted by Gasteiger charge is 2.45. The maximum atomic E-state index is 10.4. The summed E-state index contributed by atoms with van der Waals surface area (Å²) in [5.74, 6) is -0.842. The first-order chi connectivity index (χ1) is 39.9. The molecular weight excluding hydrogens is 889 g/mol. The number of hydrogen-bond acceptors (Lipinski definition) is 2. The van der Waals surface area contributed by atoms with E-state index < -0.39 is 57.6 Å². The van der Waals surface area contributed by atoms with E-state index in [1.807, 2.05) is 80.6 Å². The highest BCUT2D eigenvalue weighted by Crippen LogP contribution is 2.56. The lowest BCUT2D eigenvalue weighted by molar-refractivity contribution is 0.418. The Morgan fingerprint density at radius 3 is 1.42 bits per heavy atom. The van der Waals surface area contributed by atoms with Crippen molar-refractivity contribution in [3.63, 3.8) is 0 Å². The first kappa shape index (κ1) is 34.1. The topological polar surface area (TPSA) is 18.5 Å². The largest absolute Gasteiger partial charge is 0.456 e. The third-order valence-corrected chi connectivity index (χ3v) is 21.5. The van der Waals surface area contributed by atoms with E-state index in [1.165, 1.54) is 6.92 Å². The molecule has 8 aromatic rings. The molecule has 2 nitrogen and oxygen atoms in total. The molecule has 2 fully saturated rings. The van der Waals surface area contributed by atoms with Gasteiger partial charge >= 0.3 is 0 Å². The summed E-state index contributed by atoms with van der Waals surface area (Å²) in [6.45, 7) is 1.92. The molecule has 2 heterocycles. The predicted octanol–water partition coefficient (Wildman–Crippen LogP) is 16.1. The number of fused-ring (bicyclic) bond motifs is 4. The van der Waals surface area contributed by atoms with Crippen LogP contribution in [0, 0.1) is 20.6 Å². The summed E-state index contributed by atoms with van der Waals surface area (Å²) < 4.78 is 133. The summed E-state index contributed by atoms with van der Waals surface area (Å²) in [5.41, 5.74) is 5.21. The van der Waals surface area contributed by atoms with Crippen LogP contribution in [0.1, 0.15) is 171 Å². The Bertz CT molecular complexity index is 3680. The van der Waals surface area contributed by atoms with Crippen LogP contribution in [-0.2, 0) is 17.2 Å². The fourth-order valence-corrected chi connectivity index (χ4v) is 17.7. The molecule has 2 aliphatic carbocycles. The average molecular weight is 972 g/mol. The van der Waals surface area contributed by atoms with Gasteiger partial charge in [-0.15, -0.1) is 0 Å². The highest BCUT2D eigenvalue weighted by molar-refractivity contribution is 7.20. The molecule has 72 heavy (non-hydrogen) atoms. The van der Waals surface area contributed by atoms with Gasteiger partial charge in [0.2, 0.25) is 0 Å². The van der Waals surface area contributed by atoms with Crippen LogP contribution >= 0.6 is 0 Å². The fourth-order valence-electron chi connectivity index (χ4n) is 12.9. The lowest BCUT2D eigenvalue weighted by Gasteiger charge is -2.38. The number of benzene rings is 8. The molecule has 0 unspecified atom stereocenters. The quantitative estimate of drug-likeness (QED) is 0.106. The van der Waals surface area contributed by atoms with Crippen molar-refractivity contribution in [3.05, 3.63) is 213 Å². The van der Waals surface area contributed by atoms with Gasteiger partial charge in [-0.25, -0.2) is 0 Å². The third kappa shape index (κ3) is 7.39. The van der Waals surface area contributed by atoms with Crippen molar-refractivity contribution in [2.24, 2.45) is 0 Å². The van der Waals surface area contributed by atoms with Crippen LogP contribution in [-0.4, -0.2) is 8.07 Å². The molecule has 0 N–H and O–H groups in total. The van der Waals surface area contributed by atoms with Gasteiger partial charge in [-0.1, -0.05) is 206 Å². The first-order valence-electron chi connectivity index (χ1n) is 32.3. The molecule has 12 rings (SSSR count). The van der Waals surface area contributed by atoms with Crippen molar-refractivity contribution in [1.29, 1.82) is 0 Å². The molecule has 0 atom stereocenters. The molecule has 0 spiro atoms. The molecule has 3 heteroatoms. The van der Waals surface area contributed by atoms with Crippen LogP contribution in [0.3, 0.4) is 0 Å². The SMILES string of the molecule is [2H]C([2H])([2H])c1ccc2c(c1)Oc1c(ccc(C([2H])([2H])[2H])c1-c1cc([Si](c3ccccc3)(c3ccccc3)c3ccc(C4([2H])CCCC4)c(-c4c(C([2H])([2H])[2H])ccc5c4Oc4cc(C([2H])([2H])C)ccc4C5(C)C)c3)ccc1C1([2H])CCCC1)C2(C)C. The van der Waals surface area contributed by atoms with Crippen LogP contribution in [0.5, 0.6) is 23.0 Å². The number of ether oxygens (including phenoxy) is 2. The number of hydrogen-bond donors (Lipinski definition) is 0. The van der Waals surface area contributed by atoms with E-state index in [1.54, 1.807) is 42.5 Å². The van der Waals surface area contributed by atoms with Gasteiger partial charge in [0, 0.05) is 62.0 Å². The predicted molar refractivity (Wildman–Crippen MR) is 304 cm³/mol. The average Bonchev–Trinajstić information content (AvgIpc) is 1.44. The van der Waals surface area contributed by atoms with Crippen molar-refractivity contribution < 1.29 is 27.3 Å². The second kappa shape index (κ2) is 18.0. The molecule has 4 aliphatic rings. The smallest absolute Gasteiger partial charge is 0.179 e. The molecule has 0 saturated heterocycles. The molecule has 2 aliphatic heterocycles. The zero-order valence-electron chi connectivity index (χ0n) is 55.0. The Morgan fingerprint density at radius 1 is 0.500 bits per heavy atom. The van der Waals surface area contributed by atoms with E-state index in [9.17, 15) is 11.0 Å². The molecular formula is C69H70O2Si. The van der Waals surface area contributed by atoms with Crippen molar-refractivity contribution in [1.82, 2.24) is 0 Å². The van der Waals surface area contributed by atoms with Gasteiger partial charge in [-0.05, 0) is 142 Å². The second-order valence-electron chi connectivity index (χ2n) is 21.5. The van der Waals surface area contributed by atoms with E-state index in [0.29, 0.717) is 93.2 Å². The molecule has 0 bridgehead atoms. The second-order valence-corrected chi connectivity index (χ2v) is 25.3. The van der Waals surface area contributed by atoms with Gasteiger partial charge in [0.25, 0.3) is 0 Å². The van der Waals surface area contributed by atoms with E-state index in [-0.39, 0.29) is 16.7 Å². The molecule has 0 amide bonds. The van der Waals surface area contributed by atoms with Gasteiger partial charge in [-0.3, -0.25) is 0 Å². The standard InChI is InChI=1S/C69H70O2Si/c1-9-47-31-39-59-63(41-47)71-67-61(69(59,7)8)38-30-46(4)65(67)57-43-53(33-35-55(57)49-22-18-19-23-49)72(50-24-12-10-13-25-50,51-26-14-11-15-27-51)52-32-34-54(48-20-16-17-21-48)56(42-52)64-45(3)29-37-60-66(64)70-62-40-44(2)28-36-58(62)68(60,5)6/h10-15,24-43,48-49H,9,16-23H2,1-8H3/i2D3,3D3,4D3,9D2,48D,49D. The summed E-state index contributed by atoms with van der Waals surface area (Å²) >= 11 is 0. The number of aryl methyl sites for hydroxylation is 4. The van der Waals surface area contributed by atoms with Crippen LogP contribution in [0.25, 0.3) is 22.3 Å². The Kier molecular flexibility index (Phi) is 8.50. The Labute approximate surface area is 448 Å². The maximum absolute atomic E-state index is 10.4. The van der Waals surface area contributed by atoms with Crippen LogP contribution in [0.4, 0.5) is 0 Å². The van der Waals surface area contributed by atoms with Crippen molar-refractivity contribution in [3.8, 4) is 45.3 Å². The lowest BCUT2D eigenvalue weighted by Crippen LogP contribution is -2.74. The summed E-state index contributed by atoms with van der Waals surface area (Å²) in [4.78, 5) is 0. The zero-order valence-corrected chi connectivity index (χ0v) is 43.0. The maximum Gasteiger partial charge on any atom is 0.179 e. The van der Waals surface area contributed by atoms with E-state index in [4.69, 9.17) is 16.3 Å². The highest BCUT2D eigenvalue weighted by atomic mass is 28.3. The van der Waals surface area contributed by atoms with E-state index in [0.717, 1.165) is 63.1 Å². The molecule has 8 aromatic carbocycles. The van der Waals surface area contributed by atoms with E-state index >= 15 is 0 Å². The monoisotopic (exact) mass is 972 g/mol. The molecule has 362 valence electrons. The lowest BCUT2D eigenvalue weighted by atomic mass is 9.73. The Hall–Kier alpha value is -6.42. The molecule has 2 saturated carbocycles. The summed E-state index contributed by atoms with van der Waals surface area (Å²) in [7, 11) is -3.82. The number of rotatable bonds is 9. The van der Waals surface area contributed by atoms with Crippen LogP contribution in [0.15, 0.2) is 158 Å². The fraction of sp³-hybridized carbons (Fsp3) is 0.304. The Balaban J connectivity index is 1.21. The van der Waals surface area contributed by atoms with Gasteiger partial charge in [0.1, 0.15) is 23.0 Å². The van der Waals surface area contributed by atoms with Gasteiger partial charge in [0.15, 0.2) is 8.07 Å². The third-order valence-electron chi connectivity index (χ3n) is 16.7. The minimum Gasteiger partial charge on any atom is -0.456 e. The molecule has 0 aromatic heterocycles. The zero-order chi connectivity index (χ0) is 60.7. The van der Waals surface area contributed by atoms with Gasteiger partial charge < -0.3 is 9.47 Å². The summed E-state index contributed by atoms with van der Waals surface area (Å²) in [6.07, 6.45) is 3.72. The van der Waals surface area contributed by atoms with Gasteiger partial charge in [0.05, 0.1) is 0 Å².